The molecule has 0 unspecified atom stereocenters. The number of carboxylic acid groups (broad SMARTS) is 1. The zero-order valence-corrected chi connectivity index (χ0v) is 10.7. The van der Waals surface area contributed by atoms with Crippen LogP contribution in [-0.2, 0) is 14.6 Å². The average molecular weight is 269 g/mol. The molecular formula is C12H15NO4S. The molecule has 1 aromatic rings. The van der Waals surface area contributed by atoms with Crippen molar-refractivity contribution in [2.45, 2.75) is 23.6 Å². The van der Waals surface area contributed by atoms with Crippen molar-refractivity contribution in [3.8, 4) is 0 Å². The van der Waals surface area contributed by atoms with Crippen molar-refractivity contribution in [1.82, 2.24) is 0 Å². The molecular weight excluding hydrogens is 254 g/mol. The summed E-state index contributed by atoms with van der Waals surface area (Å²) >= 11 is 0. The van der Waals surface area contributed by atoms with E-state index in [2.05, 4.69) is 0 Å². The predicted molar refractivity (Wildman–Crippen MR) is 67.0 cm³/mol. The van der Waals surface area contributed by atoms with Crippen molar-refractivity contribution in [1.29, 1.82) is 0 Å². The molecule has 1 aliphatic rings. The molecule has 3 N–H and O–H groups in total. The topological polar surface area (TPSA) is 97.5 Å². The van der Waals surface area contributed by atoms with E-state index in [9.17, 15) is 18.3 Å². The van der Waals surface area contributed by atoms with Crippen LogP contribution >= 0.6 is 0 Å². The van der Waals surface area contributed by atoms with E-state index in [4.69, 9.17) is 5.73 Å². The molecule has 0 radical (unpaired) electrons. The number of nitrogens with two attached hydrogens (primary N) is 1. The number of sulfone groups is 1. The van der Waals surface area contributed by atoms with Gasteiger partial charge in [-0.2, -0.15) is 0 Å². The molecule has 1 aromatic carbocycles. The minimum Gasteiger partial charge on any atom is -0.480 e. The van der Waals surface area contributed by atoms with E-state index in [1.54, 1.807) is 30.3 Å². The van der Waals surface area contributed by atoms with Gasteiger partial charge in [0, 0.05) is 11.7 Å². The molecule has 6 heteroatoms. The SMILES string of the molecule is CCS(=O)(=O)[C@@H]1[C@H](c2ccccc2)[C@]1(N)C(=O)O. The fourth-order valence-electron chi connectivity index (χ4n) is 2.42. The molecule has 1 aliphatic carbocycles. The number of hydrogen-bond acceptors (Lipinski definition) is 4. The Morgan fingerprint density at radius 3 is 2.39 bits per heavy atom. The number of carboxylic acids is 1. The highest BCUT2D eigenvalue weighted by Crippen LogP contribution is 2.54. The fraction of sp³-hybridized carbons (Fsp3) is 0.417. The van der Waals surface area contributed by atoms with E-state index in [0.717, 1.165) is 0 Å². The van der Waals surface area contributed by atoms with E-state index < -0.39 is 32.5 Å². The van der Waals surface area contributed by atoms with Crippen LogP contribution < -0.4 is 5.73 Å². The highest BCUT2D eigenvalue weighted by atomic mass is 32.2. The molecule has 5 nitrogen and oxygen atoms in total. The Morgan fingerprint density at radius 1 is 1.39 bits per heavy atom. The summed E-state index contributed by atoms with van der Waals surface area (Å²) in [6, 6.07) is 8.69. The summed E-state index contributed by atoms with van der Waals surface area (Å²) in [6.07, 6.45) is 0. The summed E-state index contributed by atoms with van der Waals surface area (Å²) in [5, 5.41) is 8.15. The zero-order chi connectivity index (χ0) is 13.6. The van der Waals surface area contributed by atoms with Crippen molar-refractivity contribution in [2.75, 3.05) is 5.75 Å². The summed E-state index contributed by atoms with van der Waals surface area (Å²) in [5.41, 5.74) is 4.75. The van der Waals surface area contributed by atoms with Crippen molar-refractivity contribution in [2.24, 2.45) is 5.73 Å². The monoisotopic (exact) mass is 269 g/mol. The molecule has 0 heterocycles. The van der Waals surface area contributed by atoms with Crippen LogP contribution in [0.4, 0.5) is 0 Å². The first-order chi connectivity index (χ1) is 8.35. The third-order valence-electron chi connectivity index (χ3n) is 3.50. The van der Waals surface area contributed by atoms with Crippen molar-refractivity contribution >= 4 is 15.8 Å². The number of benzene rings is 1. The predicted octanol–water partition coefficient (Wildman–Crippen LogP) is 0.369. The van der Waals surface area contributed by atoms with Crippen LogP contribution in [-0.4, -0.2) is 36.0 Å². The van der Waals surface area contributed by atoms with Crippen LogP contribution in [0.5, 0.6) is 0 Å². The quantitative estimate of drug-likeness (QED) is 0.823. The van der Waals surface area contributed by atoms with Gasteiger partial charge < -0.3 is 10.8 Å². The standard InChI is InChI=1S/C12H15NO4S/c1-2-18(16,17)10-9(12(10,13)11(14)15)8-6-4-3-5-7-8/h3-7,9-10H,2,13H2,1H3,(H,14,15)/t9-,10+,12+/m0/s1. The Bertz CT molecular complexity index is 569. The number of aliphatic carboxylic acids is 1. The molecule has 0 aliphatic heterocycles. The van der Waals surface area contributed by atoms with Gasteiger partial charge in [0.15, 0.2) is 9.84 Å². The molecule has 3 atom stereocenters. The van der Waals surface area contributed by atoms with E-state index in [-0.39, 0.29) is 5.75 Å². The molecule has 2 rings (SSSR count). The molecule has 0 amide bonds. The summed E-state index contributed by atoms with van der Waals surface area (Å²) in [5.74, 6) is -2.03. The second kappa shape index (κ2) is 4.07. The normalized spacial score (nSPS) is 31.0. The molecule has 18 heavy (non-hydrogen) atoms. The Balaban J connectivity index is 2.46. The lowest BCUT2D eigenvalue weighted by Crippen LogP contribution is -2.40. The smallest absolute Gasteiger partial charge is 0.325 e. The first kappa shape index (κ1) is 13.0. The van der Waals surface area contributed by atoms with Gasteiger partial charge in [-0.1, -0.05) is 37.3 Å². The van der Waals surface area contributed by atoms with Crippen LogP contribution in [0.1, 0.15) is 18.4 Å². The Hall–Kier alpha value is -1.40. The lowest BCUT2D eigenvalue weighted by atomic mass is 10.1. The second-order valence-electron chi connectivity index (χ2n) is 4.50. The minimum absolute atomic E-state index is 0.104. The van der Waals surface area contributed by atoms with E-state index in [0.29, 0.717) is 5.56 Å². The van der Waals surface area contributed by atoms with Gasteiger partial charge in [-0.3, -0.25) is 4.79 Å². The molecule has 0 spiro atoms. The van der Waals surface area contributed by atoms with Gasteiger partial charge >= 0.3 is 5.97 Å². The maximum atomic E-state index is 11.9. The minimum atomic E-state index is -3.48. The molecule has 0 bridgehead atoms. The maximum absolute atomic E-state index is 11.9. The van der Waals surface area contributed by atoms with Crippen LogP contribution in [0.2, 0.25) is 0 Å². The zero-order valence-electron chi connectivity index (χ0n) is 9.91. The van der Waals surface area contributed by atoms with Crippen LogP contribution in [0, 0.1) is 0 Å². The summed E-state index contributed by atoms with van der Waals surface area (Å²) in [6.45, 7) is 1.50. The molecule has 1 saturated carbocycles. The third kappa shape index (κ3) is 1.72. The highest BCUT2D eigenvalue weighted by Gasteiger charge is 2.73. The lowest BCUT2D eigenvalue weighted by molar-refractivity contribution is -0.139. The van der Waals surface area contributed by atoms with E-state index in [1.807, 2.05) is 0 Å². The van der Waals surface area contributed by atoms with Gasteiger partial charge in [-0.15, -0.1) is 0 Å². The van der Waals surface area contributed by atoms with E-state index >= 15 is 0 Å². The van der Waals surface area contributed by atoms with Crippen molar-refractivity contribution in [3.05, 3.63) is 35.9 Å². The third-order valence-corrected chi connectivity index (χ3v) is 5.74. The van der Waals surface area contributed by atoms with Gasteiger partial charge in [0.2, 0.25) is 0 Å². The largest absolute Gasteiger partial charge is 0.480 e. The van der Waals surface area contributed by atoms with Gasteiger partial charge in [-0.25, -0.2) is 8.42 Å². The van der Waals surface area contributed by atoms with Gasteiger partial charge in [0.05, 0.1) is 5.25 Å². The number of rotatable bonds is 4. The van der Waals surface area contributed by atoms with Crippen molar-refractivity contribution in [3.63, 3.8) is 0 Å². The number of hydrogen-bond donors (Lipinski definition) is 2. The lowest BCUT2D eigenvalue weighted by Gasteiger charge is -2.04. The van der Waals surface area contributed by atoms with Gasteiger partial charge in [0.1, 0.15) is 5.54 Å². The van der Waals surface area contributed by atoms with Crippen LogP contribution in [0.25, 0.3) is 0 Å². The Labute approximate surface area is 106 Å². The van der Waals surface area contributed by atoms with E-state index in [1.165, 1.54) is 6.92 Å². The Morgan fingerprint density at radius 2 is 1.94 bits per heavy atom. The molecule has 0 aromatic heterocycles. The fourth-order valence-corrected chi connectivity index (χ4v) is 4.34. The summed E-state index contributed by atoms with van der Waals surface area (Å²) in [7, 11) is -3.48. The Kier molecular flexibility index (Phi) is 2.95. The summed E-state index contributed by atoms with van der Waals surface area (Å²) in [4.78, 5) is 11.3. The van der Waals surface area contributed by atoms with Crippen LogP contribution in [0.3, 0.4) is 0 Å². The molecule has 1 fully saturated rings. The van der Waals surface area contributed by atoms with Gasteiger partial charge in [-0.05, 0) is 5.56 Å². The summed E-state index contributed by atoms with van der Waals surface area (Å²) < 4.78 is 23.8. The maximum Gasteiger partial charge on any atom is 0.325 e. The van der Waals surface area contributed by atoms with Crippen molar-refractivity contribution < 1.29 is 18.3 Å². The highest BCUT2D eigenvalue weighted by molar-refractivity contribution is 7.92. The first-order valence-corrected chi connectivity index (χ1v) is 7.36. The second-order valence-corrected chi connectivity index (χ2v) is 6.91. The van der Waals surface area contributed by atoms with Crippen LogP contribution in [0.15, 0.2) is 30.3 Å². The molecule has 98 valence electrons. The molecule has 0 saturated heterocycles. The first-order valence-electron chi connectivity index (χ1n) is 5.64. The number of carbonyl (C=O) groups is 1. The average Bonchev–Trinajstić information content (AvgIpc) is 3.00. The van der Waals surface area contributed by atoms with Gasteiger partial charge in [0.25, 0.3) is 0 Å².